The number of aryl methyl sites for hydroxylation is 3. The fourth-order valence-corrected chi connectivity index (χ4v) is 4.04. The van der Waals surface area contributed by atoms with Crippen molar-refractivity contribution >= 4 is 0 Å². The summed E-state index contributed by atoms with van der Waals surface area (Å²) in [4.78, 5) is 7.30. The lowest BCUT2D eigenvalue weighted by atomic mass is 9.94. The van der Waals surface area contributed by atoms with Gasteiger partial charge in [0, 0.05) is 45.1 Å². The number of rotatable bonds is 7. The molecule has 0 radical (unpaired) electrons. The van der Waals surface area contributed by atoms with E-state index in [1.54, 1.807) is 7.11 Å². The summed E-state index contributed by atoms with van der Waals surface area (Å²) in [5.41, 5.74) is 5.45. The normalized spacial score (nSPS) is 18.4. The molecule has 142 valence electrons. The number of hydrogen-bond donors (Lipinski definition) is 0. The summed E-state index contributed by atoms with van der Waals surface area (Å²) < 4.78 is 7.58. The third-order valence-corrected chi connectivity index (χ3v) is 5.71. The monoisotopic (exact) mass is 355 g/mol. The molecule has 4 nitrogen and oxygen atoms in total. The molecule has 0 spiro atoms. The maximum Gasteiger partial charge on any atom is 0.109 e. The Morgan fingerprint density at radius 3 is 2.81 bits per heavy atom. The molecular weight excluding hydrogens is 322 g/mol. The smallest absolute Gasteiger partial charge is 0.109 e. The molecule has 1 saturated heterocycles. The van der Waals surface area contributed by atoms with Crippen molar-refractivity contribution in [2.45, 2.75) is 53.1 Å². The van der Waals surface area contributed by atoms with Crippen LogP contribution in [0.5, 0.6) is 0 Å². The first kappa shape index (κ1) is 19.1. The van der Waals surface area contributed by atoms with E-state index in [1.807, 2.05) is 6.20 Å². The van der Waals surface area contributed by atoms with Crippen molar-refractivity contribution < 1.29 is 4.74 Å². The highest BCUT2D eigenvalue weighted by molar-refractivity contribution is 5.29. The van der Waals surface area contributed by atoms with Gasteiger partial charge in [-0.1, -0.05) is 18.2 Å². The van der Waals surface area contributed by atoms with Crippen LogP contribution in [-0.2, 0) is 24.2 Å². The Balaban J connectivity index is 1.61. The van der Waals surface area contributed by atoms with Crippen LogP contribution in [0.25, 0.3) is 0 Å². The van der Waals surface area contributed by atoms with Gasteiger partial charge in [-0.3, -0.25) is 4.90 Å². The summed E-state index contributed by atoms with van der Waals surface area (Å²) in [6, 6.07) is 6.88. The average Bonchev–Trinajstić information content (AvgIpc) is 2.96. The van der Waals surface area contributed by atoms with E-state index in [2.05, 4.69) is 53.4 Å². The topological polar surface area (TPSA) is 30.3 Å². The molecular formula is C22H33N3O. The van der Waals surface area contributed by atoms with Gasteiger partial charge in [-0.05, 0) is 62.8 Å². The van der Waals surface area contributed by atoms with Crippen molar-refractivity contribution in [3.05, 3.63) is 52.6 Å². The van der Waals surface area contributed by atoms with Gasteiger partial charge >= 0.3 is 0 Å². The molecule has 0 amide bonds. The van der Waals surface area contributed by atoms with Crippen LogP contribution in [0.15, 0.2) is 24.4 Å². The standard InChI is InChI=1S/C22H33N3O/c1-17-7-8-21(12-18(17)2)16-24-9-5-6-20(15-24)13-22-23-14-19(3)25(22)10-11-26-4/h7-8,12,14,20H,5-6,9-11,13,15-16H2,1-4H3. The van der Waals surface area contributed by atoms with Gasteiger partial charge in [0.25, 0.3) is 0 Å². The highest BCUT2D eigenvalue weighted by atomic mass is 16.5. The molecule has 1 aliphatic heterocycles. The van der Waals surface area contributed by atoms with Crippen molar-refractivity contribution in [3.63, 3.8) is 0 Å². The first-order valence-corrected chi connectivity index (χ1v) is 9.85. The highest BCUT2D eigenvalue weighted by Gasteiger charge is 2.22. The van der Waals surface area contributed by atoms with Crippen LogP contribution in [0.1, 0.15) is 41.1 Å². The number of likely N-dealkylation sites (tertiary alicyclic amines) is 1. The largest absolute Gasteiger partial charge is 0.383 e. The third kappa shape index (κ3) is 4.74. The number of benzene rings is 1. The highest BCUT2D eigenvalue weighted by Crippen LogP contribution is 2.23. The predicted octanol–water partition coefficient (Wildman–Crippen LogP) is 3.91. The molecule has 1 aromatic carbocycles. The number of ether oxygens (including phenoxy) is 1. The number of aromatic nitrogens is 2. The maximum absolute atomic E-state index is 5.26. The number of hydrogen-bond acceptors (Lipinski definition) is 3. The lowest BCUT2D eigenvalue weighted by molar-refractivity contribution is 0.163. The second kappa shape index (κ2) is 8.83. The molecule has 26 heavy (non-hydrogen) atoms. The second-order valence-corrected chi connectivity index (χ2v) is 7.83. The minimum Gasteiger partial charge on any atom is -0.383 e. The van der Waals surface area contributed by atoms with Gasteiger partial charge in [0.05, 0.1) is 6.61 Å². The lowest BCUT2D eigenvalue weighted by Gasteiger charge is -2.33. The van der Waals surface area contributed by atoms with Crippen LogP contribution in [0, 0.1) is 26.7 Å². The molecule has 2 aromatic rings. The minimum absolute atomic E-state index is 0.693. The average molecular weight is 356 g/mol. The van der Waals surface area contributed by atoms with Crippen molar-refractivity contribution in [1.29, 1.82) is 0 Å². The van der Waals surface area contributed by atoms with Gasteiger partial charge in [-0.25, -0.2) is 4.98 Å². The van der Waals surface area contributed by atoms with E-state index in [4.69, 9.17) is 4.74 Å². The molecule has 0 bridgehead atoms. The summed E-state index contributed by atoms with van der Waals surface area (Å²) in [5.74, 6) is 1.91. The SMILES string of the molecule is COCCn1c(C)cnc1CC1CCCN(Cc2ccc(C)c(C)c2)C1. The van der Waals surface area contributed by atoms with E-state index < -0.39 is 0 Å². The van der Waals surface area contributed by atoms with E-state index in [0.717, 1.165) is 26.1 Å². The predicted molar refractivity (Wildman–Crippen MR) is 106 cm³/mol. The quantitative estimate of drug-likeness (QED) is 0.754. The molecule has 1 aliphatic rings. The molecule has 1 unspecified atom stereocenters. The number of piperidine rings is 1. The molecule has 0 N–H and O–H groups in total. The molecule has 1 fully saturated rings. The third-order valence-electron chi connectivity index (χ3n) is 5.71. The zero-order valence-corrected chi connectivity index (χ0v) is 16.8. The summed E-state index contributed by atoms with van der Waals surface area (Å²) in [6.07, 6.45) is 5.66. The molecule has 0 aliphatic carbocycles. The summed E-state index contributed by atoms with van der Waals surface area (Å²) >= 11 is 0. The zero-order valence-electron chi connectivity index (χ0n) is 16.8. The van der Waals surface area contributed by atoms with Gasteiger partial charge in [-0.15, -0.1) is 0 Å². The molecule has 1 atom stereocenters. The fourth-order valence-electron chi connectivity index (χ4n) is 4.04. The van der Waals surface area contributed by atoms with E-state index in [9.17, 15) is 0 Å². The fraction of sp³-hybridized carbons (Fsp3) is 0.591. The number of methoxy groups -OCH3 is 1. The Kier molecular flexibility index (Phi) is 6.49. The lowest BCUT2D eigenvalue weighted by Crippen LogP contribution is -2.36. The molecule has 0 saturated carbocycles. The van der Waals surface area contributed by atoms with E-state index in [-0.39, 0.29) is 0 Å². The van der Waals surface area contributed by atoms with Crippen LogP contribution in [0.2, 0.25) is 0 Å². The van der Waals surface area contributed by atoms with Crippen molar-refractivity contribution in [2.24, 2.45) is 5.92 Å². The minimum atomic E-state index is 0.693. The van der Waals surface area contributed by atoms with Gasteiger partial charge < -0.3 is 9.30 Å². The van der Waals surface area contributed by atoms with Gasteiger partial charge in [0.2, 0.25) is 0 Å². The number of nitrogens with zero attached hydrogens (tertiary/aromatic N) is 3. The molecule has 1 aromatic heterocycles. The Morgan fingerprint density at radius 1 is 1.19 bits per heavy atom. The first-order chi connectivity index (χ1) is 12.6. The van der Waals surface area contributed by atoms with Crippen LogP contribution in [0.3, 0.4) is 0 Å². The maximum atomic E-state index is 5.26. The van der Waals surface area contributed by atoms with Gasteiger partial charge in [-0.2, -0.15) is 0 Å². The van der Waals surface area contributed by atoms with E-state index in [0.29, 0.717) is 5.92 Å². The summed E-state index contributed by atoms with van der Waals surface area (Å²) in [5, 5.41) is 0. The second-order valence-electron chi connectivity index (χ2n) is 7.83. The first-order valence-electron chi connectivity index (χ1n) is 9.85. The van der Waals surface area contributed by atoms with Gasteiger partial charge in [0.15, 0.2) is 0 Å². The molecule has 3 rings (SSSR count). The summed E-state index contributed by atoms with van der Waals surface area (Å²) in [7, 11) is 1.76. The van der Waals surface area contributed by atoms with Crippen LogP contribution >= 0.6 is 0 Å². The van der Waals surface area contributed by atoms with Crippen LogP contribution in [0.4, 0.5) is 0 Å². The van der Waals surface area contributed by atoms with E-state index >= 15 is 0 Å². The van der Waals surface area contributed by atoms with Crippen LogP contribution in [-0.4, -0.2) is 41.3 Å². The van der Waals surface area contributed by atoms with Gasteiger partial charge in [0.1, 0.15) is 5.82 Å². The summed E-state index contributed by atoms with van der Waals surface area (Å²) in [6.45, 7) is 11.6. The van der Waals surface area contributed by atoms with Crippen molar-refractivity contribution in [3.8, 4) is 0 Å². The van der Waals surface area contributed by atoms with Crippen LogP contribution < -0.4 is 0 Å². The Morgan fingerprint density at radius 2 is 2.04 bits per heavy atom. The van der Waals surface area contributed by atoms with Crippen molar-refractivity contribution in [1.82, 2.24) is 14.5 Å². The number of imidazole rings is 1. The Bertz CT molecular complexity index is 722. The van der Waals surface area contributed by atoms with E-state index in [1.165, 1.54) is 54.1 Å². The molecule has 2 heterocycles. The van der Waals surface area contributed by atoms with Crippen molar-refractivity contribution in [2.75, 3.05) is 26.8 Å². The Labute approximate surface area is 158 Å². The molecule has 4 heteroatoms. The zero-order chi connectivity index (χ0) is 18.5. The Hall–Kier alpha value is -1.65.